The highest BCUT2D eigenvalue weighted by molar-refractivity contribution is 5.85. The van der Waals surface area contributed by atoms with Crippen molar-refractivity contribution in [3.05, 3.63) is 11.6 Å². The molecule has 1 rings (SSSR count). The molecule has 0 saturated carbocycles. The van der Waals surface area contributed by atoms with Gasteiger partial charge in [0.1, 0.15) is 0 Å². The van der Waals surface area contributed by atoms with Crippen LogP contribution in [0.3, 0.4) is 0 Å². The van der Waals surface area contributed by atoms with Crippen molar-refractivity contribution >= 4 is 11.9 Å². The second-order valence-corrected chi connectivity index (χ2v) is 4.11. The molecule has 0 radical (unpaired) electrons. The quantitative estimate of drug-likeness (QED) is 0.673. The van der Waals surface area contributed by atoms with Crippen molar-refractivity contribution in [2.75, 3.05) is 20.1 Å². The number of piperidine rings is 1. The second-order valence-electron chi connectivity index (χ2n) is 4.11. The number of amides is 1. The summed E-state index contributed by atoms with van der Waals surface area (Å²) >= 11 is 0. The average Bonchev–Trinajstić information content (AvgIpc) is 2.23. The van der Waals surface area contributed by atoms with Crippen LogP contribution in [0.15, 0.2) is 11.6 Å². The Morgan fingerprint density at radius 3 is 2.94 bits per heavy atom. The van der Waals surface area contributed by atoms with Crippen LogP contribution in [0, 0.1) is 0 Å². The van der Waals surface area contributed by atoms with Crippen LogP contribution in [-0.2, 0) is 9.59 Å². The van der Waals surface area contributed by atoms with Gasteiger partial charge in [0.15, 0.2) is 0 Å². The molecule has 0 aromatic carbocycles. The van der Waals surface area contributed by atoms with Gasteiger partial charge >= 0.3 is 5.97 Å². The molecule has 0 bridgehead atoms. The van der Waals surface area contributed by atoms with Gasteiger partial charge in [-0.25, -0.2) is 4.79 Å². The minimum atomic E-state index is -0.891. The van der Waals surface area contributed by atoms with Gasteiger partial charge in [0.25, 0.3) is 0 Å². The van der Waals surface area contributed by atoms with Crippen LogP contribution in [0.25, 0.3) is 0 Å². The van der Waals surface area contributed by atoms with Gasteiger partial charge in [-0.15, -0.1) is 0 Å². The summed E-state index contributed by atoms with van der Waals surface area (Å²) in [6.07, 6.45) is 3.04. The molecular formula is C11H18N2O3. The van der Waals surface area contributed by atoms with E-state index in [1.807, 2.05) is 0 Å². The Bertz CT molecular complexity index is 312. The minimum absolute atomic E-state index is 0.176. The number of likely N-dealkylation sites (N-methyl/N-ethyl adjacent to an activating group) is 1. The standard InChI is InChI=1S/C11H18N2O3/c1-8(11(15)16)5-6-12-9-3-4-10(14)13(2)7-9/h5,9,12H,3-4,6-7H2,1-2H3,(H,15,16)/b8-5-. The van der Waals surface area contributed by atoms with Crippen molar-refractivity contribution in [3.8, 4) is 0 Å². The molecule has 1 unspecified atom stereocenters. The molecule has 1 aliphatic rings. The highest BCUT2D eigenvalue weighted by atomic mass is 16.4. The first-order valence-electron chi connectivity index (χ1n) is 5.38. The molecule has 1 atom stereocenters. The van der Waals surface area contributed by atoms with Crippen LogP contribution in [-0.4, -0.2) is 48.1 Å². The first-order chi connectivity index (χ1) is 7.50. The van der Waals surface area contributed by atoms with Crippen LogP contribution < -0.4 is 5.32 Å². The van der Waals surface area contributed by atoms with E-state index in [4.69, 9.17) is 5.11 Å². The summed E-state index contributed by atoms with van der Waals surface area (Å²) < 4.78 is 0. The summed E-state index contributed by atoms with van der Waals surface area (Å²) in [4.78, 5) is 23.5. The van der Waals surface area contributed by atoms with Crippen molar-refractivity contribution < 1.29 is 14.7 Å². The zero-order valence-electron chi connectivity index (χ0n) is 9.69. The number of aliphatic carboxylic acids is 1. The summed E-state index contributed by atoms with van der Waals surface area (Å²) in [5.41, 5.74) is 0.341. The summed E-state index contributed by atoms with van der Waals surface area (Å²) in [6.45, 7) is 2.80. The predicted molar refractivity (Wildman–Crippen MR) is 60.1 cm³/mol. The molecule has 1 saturated heterocycles. The fourth-order valence-electron chi connectivity index (χ4n) is 1.64. The average molecular weight is 226 g/mol. The zero-order chi connectivity index (χ0) is 12.1. The van der Waals surface area contributed by atoms with Crippen molar-refractivity contribution in [3.63, 3.8) is 0 Å². The number of carboxylic acid groups (broad SMARTS) is 1. The molecule has 0 aromatic rings. The number of nitrogens with one attached hydrogen (secondary N) is 1. The molecule has 0 aromatic heterocycles. The maximum atomic E-state index is 11.2. The molecule has 16 heavy (non-hydrogen) atoms. The van der Waals surface area contributed by atoms with Crippen LogP contribution in [0.1, 0.15) is 19.8 Å². The second kappa shape index (κ2) is 5.65. The van der Waals surface area contributed by atoms with Gasteiger partial charge in [-0.05, 0) is 13.3 Å². The van der Waals surface area contributed by atoms with Crippen LogP contribution in [0.5, 0.6) is 0 Å². The Morgan fingerprint density at radius 1 is 1.69 bits per heavy atom. The summed E-state index contributed by atoms with van der Waals surface area (Å²) in [6, 6.07) is 0.264. The normalized spacial score (nSPS) is 22.4. The van der Waals surface area contributed by atoms with Crippen molar-refractivity contribution in [2.24, 2.45) is 0 Å². The molecular weight excluding hydrogens is 208 g/mol. The molecule has 0 spiro atoms. The highest BCUT2D eigenvalue weighted by Crippen LogP contribution is 2.09. The van der Waals surface area contributed by atoms with E-state index < -0.39 is 5.97 Å². The van der Waals surface area contributed by atoms with E-state index in [-0.39, 0.29) is 11.9 Å². The Hall–Kier alpha value is -1.36. The lowest BCUT2D eigenvalue weighted by atomic mass is 10.1. The first-order valence-corrected chi connectivity index (χ1v) is 5.38. The van der Waals surface area contributed by atoms with Gasteiger partial charge in [-0.2, -0.15) is 0 Å². The van der Waals surface area contributed by atoms with E-state index in [2.05, 4.69) is 5.32 Å². The van der Waals surface area contributed by atoms with Gasteiger partial charge < -0.3 is 15.3 Å². The zero-order valence-corrected chi connectivity index (χ0v) is 9.69. The summed E-state index contributed by atoms with van der Waals surface area (Å²) in [5, 5.41) is 11.9. The number of carboxylic acids is 1. The van der Waals surface area contributed by atoms with E-state index in [0.29, 0.717) is 25.1 Å². The van der Waals surface area contributed by atoms with Gasteiger partial charge in [-0.3, -0.25) is 4.79 Å². The molecule has 5 heteroatoms. The van der Waals surface area contributed by atoms with E-state index >= 15 is 0 Å². The van der Waals surface area contributed by atoms with Gasteiger partial charge in [-0.1, -0.05) is 6.08 Å². The lowest BCUT2D eigenvalue weighted by Gasteiger charge is -2.30. The third-order valence-electron chi connectivity index (χ3n) is 2.78. The Kier molecular flexibility index (Phi) is 4.49. The van der Waals surface area contributed by atoms with E-state index in [9.17, 15) is 9.59 Å². The predicted octanol–water partition coefficient (Wildman–Crippen LogP) is 0.228. The lowest BCUT2D eigenvalue weighted by molar-refractivity contribution is -0.133. The molecule has 1 aliphatic heterocycles. The Labute approximate surface area is 95.1 Å². The largest absolute Gasteiger partial charge is 0.478 e. The Balaban J connectivity index is 2.31. The highest BCUT2D eigenvalue weighted by Gasteiger charge is 2.21. The van der Waals surface area contributed by atoms with Crippen LogP contribution in [0.2, 0.25) is 0 Å². The number of nitrogens with zero attached hydrogens (tertiary/aromatic N) is 1. The van der Waals surface area contributed by atoms with Crippen LogP contribution in [0.4, 0.5) is 0 Å². The summed E-state index contributed by atoms with van der Waals surface area (Å²) in [5.74, 6) is -0.715. The number of carbonyl (C=O) groups is 2. The minimum Gasteiger partial charge on any atom is -0.478 e. The van der Waals surface area contributed by atoms with Gasteiger partial charge in [0.05, 0.1) is 0 Å². The first kappa shape index (κ1) is 12.7. The number of likely N-dealkylation sites (tertiary alicyclic amines) is 1. The lowest BCUT2D eigenvalue weighted by Crippen LogP contribution is -2.46. The third-order valence-corrected chi connectivity index (χ3v) is 2.78. The van der Waals surface area contributed by atoms with E-state index in [1.54, 1.807) is 24.9 Å². The van der Waals surface area contributed by atoms with Crippen LogP contribution >= 0.6 is 0 Å². The van der Waals surface area contributed by atoms with E-state index in [1.165, 1.54) is 0 Å². The number of hydrogen-bond acceptors (Lipinski definition) is 3. The fourth-order valence-corrected chi connectivity index (χ4v) is 1.64. The maximum absolute atomic E-state index is 11.2. The van der Waals surface area contributed by atoms with Crippen molar-refractivity contribution in [1.82, 2.24) is 10.2 Å². The van der Waals surface area contributed by atoms with Crippen molar-refractivity contribution in [2.45, 2.75) is 25.8 Å². The number of carbonyl (C=O) groups excluding carboxylic acids is 1. The fraction of sp³-hybridized carbons (Fsp3) is 0.636. The smallest absolute Gasteiger partial charge is 0.330 e. The van der Waals surface area contributed by atoms with Gasteiger partial charge in [0, 0.05) is 38.2 Å². The molecule has 90 valence electrons. The third kappa shape index (κ3) is 3.66. The molecule has 1 amide bonds. The van der Waals surface area contributed by atoms with Crippen molar-refractivity contribution in [1.29, 1.82) is 0 Å². The molecule has 1 fully saturated rings. The number of hydrogen-bond donors (Lipinski definition) is 2. The maximum Gasteiger partial charge on any atom is 0.330 e. The van der Waals surface area contributed by atoms with Gasteiger partial charge in [0.2, 0.25) is 5.91 Å². The topological polar surface area (TPSA) is 69.6 Å². The monoisotopic (exact) mass is 226 g/mol. The number of rotatable bonds is 4. The molecule has 1 heterocycles. The Morgan fingerprint density at radius 2 is 2.38 bits per heavy atom. The summed E-state index contributed by atoms with van der Waals surface area (Å²) in [7, 11) is 1.79. The molecule has 5 nitrogen and oxygen atoms in total. The molecule has 0 aliphatic carbocycles. The SMILES string of the molecule is C/C(=C/CNC1CCC(=O)N(C)C1)C(=O)O. The molecule has 2 N–H and O–H groups in total. The van der Waals surface area contributed by atoms with E-state index in [0.717, 1.165) is 6.42 Å².